The van der Waals surface area contributed by atoms with Gasteiger partial charge in [-0.1, -0.05) is 12.1 Å². The summed E-state index contributed by atoms with van der Waals surface area (Å²) in [5.41, 5.74) is 2.43. The summed E-state index contributed by atoms with van der Waals surface area (Å²) in [5, 5.41) is 2.80. The quantitative estimate of drug-likeness (QED) is 0.534. The van der Waals surface area contributed by atoms with Gasteiger partial charge in [0.05, 0.1) is 0 Å². The second-order valence-corrected chi connectivity index (χ2v) is 6.36. The van der Waals surface area contributed by atoms with Gasteiger partial charge < -0.3 is 8.98 Å². The molecule has 0 spiro atoms. The number of benzene rings is 1. The van der Waals surface area contributed by atoms with Crippen LogP contribution in [0.25, 0.3) is 22.1 Å². The normalized spacial score (nSPS) is 14.9. The standard InChI is InChI=1S/C16H12N4OS/c1-2-4-12-11(3-1)13-14(21-12)15(19-9-18-13)22-16-17-7-8-20(16)10-5-6-10/h1-4,7-10H,5-6H2. The molecule has 1 aliphatic carbocycles. The van der Waals surface area contributed by atoms with Crippen LogP contribution in [0, 0.1) is 0 Å². The lowest BCUT2D eigenvalue weighted by atomic mass is 10.2. The number of hydrogen-bond acceptors (Lipinski definition) is 5. The van der Waals surface area contributed by atoms with Crippen molar-refractivity contribution >= 4 is 33.8 Å². The monoisotopic (exact) mass is 308 g/mol. The summed E-state index contributed by atoms with van der Waals surface area (Å²) in [5.74, 6) is 0. The lowest BCUT2D eigenvalue weighted by Crippen LogP contribution is -1.95. The lowest BCUT2D eigenvalue weighted by molar-refractivity contribution is 0.648. The van der Waals surface area contributed by atoms with Crippen molar-refractivity contribution < 1.29 is 4.42 Å². The van der Waals surface area contributed by atoms with E-state index < -0.39 is 0 Å². The van der Waals surface area contributed by atoms with Gasteiger partial charge in [-0.15, -0.1) is 0 Å². The van der Waals surface area contributed by atoms with Crippen molar-refractivity contribution in [1.29, 1.82) is 0 Å². The first-order valence-corrected chi connectivity index (χ1v) is 8.05. The minimum atomic E-state index is 0.595. The first-order chi connectivity index (χ1) is 10.9. The third-order valence-electron chi connectivity index (χ3n) is 3.89. The SMILES string of the molecule is c1ccc2c(c1)oc1c(Sc3nccn3C3CC3)ncnc12. The molecule has 0 N–H and O–H groups in total. The number of nitrogens with zero attached hydrogens (tertiary/aromatic N) is 4. The number of furan rings is 1. The van der Waals surface area contributed by atoms with E-state index in [0.717, 1.165) is 32.3 Å². The van der Waals surface area contributed by atoms with Gasteiger partial charge in [-0.25, -0.2) is 15.0 Å². The highest BCUT2D eigenvalue weighted by Gasteiger charge is 2.26. The Labute approximate surface area is 130 Å². The average Bonchev–Trinajstić information content (AvgIpc) is 3.16. The minimum absolute atomic E-state index is 0.595. The van der Waals surface area contributed by atoms with Crippen LogP contribution in [0.1, 0.15) is 18.9 Å². The van der Waals surface area contributed by atoms with Crippen molar-refractivity contribution in [3.8, 4) is 0 Å². The van der Waals surface area contributed by atoms with Gasteiger partial charge in [0.15, 0.2) is 15.8 Å². The lowest BCUT2D eigenvalue weighted by Gasteiger charge is -2.04. The highest BCUT2D eigenvalue weighted by Crippen LogP contribution is 2.40. The molecule has 1 saturated carbocycles. The fraction of sp³-hybridized carbons (Fsp3) is 0.188. The Bertz CT molecular complexity index is 986. The molecule has 0 radical (unpaired) electrons. The fourth-order valence-corrected chi connectivity index (χ4v) is 3.60. The molecule has 5 nitrogen and oxygen atoms in total. The molecule has 1 aliphatic rings. The third kappa shape index (κ3) is 1.84. The molecule has 0 amide bonds. The number of para-hydroxylation sites is 1. The van der Waals surface area contributed by atoms with Gasteiger partial charge in [-0.2, -0.15) is 0 Å². The number of fused-ring (bicyclic) bond motifs is 3. The smallest absolute Gasteiger partial charge is 0.186 e. The van der Waals surface area contributed by atoms with Gasteiger partial charge in [0.25, 0.3) is 0 Å². The van der Waals surface area contributed by atoms with E-state index in [2.05, 4.69) is 19.5 Å². The third-order valence-corrected chi connectivity index (χ3v) is 4.87. The van der Waals surface area contributed by atoms with Gasteiger partial charge in [0.2, 0.25) is 0 Å². The van der Waals surface area contributed by atoms with E-state index in [1.54, 1.807) is 18.1 Å². The van der Waals surface area contributed by atoms with Gasteiger partial charge >= 0.3 is 0 Å². The zero-order valence-corrected chi connectivity index (χ0v) is 12.5. The van der Waals surface area contributed by atoms with Crippen LogP contribution >= 0.6 is 11.8 Å². The molecule has 108 valence electrons. The summed E-state index contributed by atoms with van der Waals surface area (Å²) >= 11 is 1.54. The van der Waals surface area contributed by atoms with E-state index in [0.29, 0.717) is 6.04 Å². The maximum atomic E-state index is 5.97. The van der Waals surface area contributed by atoms with Crippen LogP contribution in [0.4, 0.5) is 0 Å². The van der Waals surface area contributed by atoms with Crippen LogP contribution in [0.5, 0.6) is 0 Å². The zero-order valence-electron chi connectivity index (χ0n) is 11.6. The Hall–Kier alpha value is -2.34. The molecular formula is C16H12N4OS. The molecule has 3 heterocycles. The Morgan fingerprint density at radius 1 is 1.14 bits per heavy atom. The predicted octanol–water partition coefficient (Wildman–Crippen LogP) is 4.06. The molecule has 4 aromatic rings. The summed E-state index contributed by atoms with van der Waals surface area (Å²) in [4.78, 5) is 13.2. The second-order valence-electron chi connectivity index (χ2n) is 5.41. The molecular weight excluding hydrogens is 296 g/mol. The van der Waals surface area contributed by atoms with Crippen molar-refractivity contribution in [2.45, 2.75) is 29.1 Å². The van der Waals surface area contributed by atoms with Gasteiger partial charge in [-0.05, 0) is 36.7 Å². The molecule has 5 rings (SSSR count). The summed E-state index contributed by atoms with van der Waals surface area (Å²) in [7, 11) is 0. The van der Waals surface area contributed by atoms with Crippen LogP contribution in [-0.4, -0.2) is 19.5 Å². The molecule has 1 fully saturated rings. The van der Waals surface area contributed by atoms with E-state index in [4.69, 9.17) is 4.42 Å². The Kier molecular flexibility index (Phi) is 2.54. The Balaban J connectivity index is 1.66. The van der Waals surface area contributed by atoms with Crippen LogP contribution < -0.4 is 0 Å². The average molecular weight is 308 g/mol. The van der Waals surface area contributed by atoms with Crippen molar-refractivity contribution in [2.24, 2.45) is 0 Å². The largest absolute Gasteiger partial charge is 0.451 e. The Morgan fingerprint density at radius 3 is 2.95 bits per heavy atom. The summed E-state index contributed by atoms with van der Waals surface area (Å²) in [6.45, 7) is 0. The van der Waals surface area contributed by atoms with Gasteiger partial charge in [0, 0.05) is 23.8 Å². The van der Waals surface area contributed by atoms with Crippen molar-refractivity contribution in [1.82, 2.24) is 19.5 Å². The van der Waals surface area contributed by atoms with Crippen molar-refractivity contribution in [3.05, 3.63) is 43.0 Å². The number of hydrogen-bond donors (Lipinski definition) is 0. The molecule has 0 atom stereocenters. The van der Waals surface area contributed by atoms with Crippen LogP contribution in [0.3, 0.4) is 0 Å². The molecule has 0 saturated heterocycles. The maximum absolute atomic E-state index is 5.97. The zero-order chi connectivity index (χ0) is 14.5. The number of imidazole rings is 1. The summed E-state index contributed by atoms with van der Waals surface area (Å²) in [6, 6.07) is 8.53. The van der Waals surface area contributed by atoms with Crippen molar-refractivity contribution in [3.63, 3.8) is 0 Å². The summed E-state index contributed by atoms with van der Waals surface area (Å²) in [6.07, 6.45) is 7.94. The van der Waals surface area contributed by atoms with E-state index in [1.807, 2.05) is 36.7 Å². The molecule has 0 unspecified atom stereocenters. The maximum Gasteiger partial charge on any atom is 0.186 e. The first kappa shape index (κ1) is 12.2. The highest BCUT2D eigenvalue weighted by molar-refractivity contribution is 7.99. The molecule has 1 aromatic carbocycles. The van der Waals surface area contributed by atoms with Crippen molar-refractivity contribution in [2.75, 3.05) is 0 Å². The molecule has 6 heteroatoms. The molecule has 0 aliphatic heterocycles. The molecule has 0 bridgehead atoms. The highest BCUT2D eigenvalue weighted by atomic mass is 32.2. The van der Waals surface area contributed by atoms with Crippen LogP contribution in [0.2, 0.25) is 0 Å². The molecule has 3 aromatic heterocycles. The second kappa shape index (κ2) is 4.58. The Morgan fingerprint density at radius 2 is 2.05 bits per heavy atom. The van der Waals surface area contributed by atoms with Crippen LogP contribution in [0.15, 0.2) is 57.6 Å². The topological polar surface area (TPSA) is 56.7 Å². The van der Waals surface area contributed by atoms with E-state index in [9.17, 15) is 0 Å². The fourth-order valence-electron chi connectivity index (χ4n) is 2.67. The van der Waals surface area contributed by atoms with Gasteiger partial charge in [0.1, 0.15) is 17.4 Å². The first-order valence-electron chi connectivity index (χ1n) is 7.23. The van der Waals surface area contributed by atoms with Crippen LogP contribution in [-0.2, 0) is 0 Å². The minimum Gasteiger partial charge on any atom is -0.451 e. The summed E-state index contributed by atoms with van der Waals surface area (Å²) < 4.78 is 8.19. The predicted molar refractivity (Wildman–Crippen MR) is 83.9 cm³/mol. The van der Waals surface area contributed by atoms with Gasteiger partial charge in [-0.3, -0.25) is 0 Å². The van der Waals surface area contributed by atoms with E-state index >= 15 is 0 Å². The number of aromatic nitrogens is 4. The molecule has 22 heavy (non-hydrogen) atoms. The number of rotatable bonds is 3. The van der Waals surface area contributed by atoms with E-state index in [1.165, 1.54) is 12.8 Å². The van der Waals surface area contributed by atoms with E-state index in [-0.39, 0.29) is 0 Å².